The summed E-state index contributed by atoms with van der Waals surface area (Å²) in [6.07, 6.45) is 22.9. The van der Waals surface area contributed by atoms with Gasteiger partial charge in [0.05, 0.1) is 5.41 Å². The Bertz CT molecular complexity index is 619. The fourth-order valence-electron chi connectivity index (χ4n) is 5.12. The molecule has 0 atom stereocenters. The predicted molar refractivity (Wildman–Crippen MR) is 118 cm³/mol. The summed E-state index contributed by atoms with van der Waals surface area (Å²) in [6.45, 7) is 3.86. The second kappa shape index (κ2) is 9.84. The van der Waals surface area contributed by atoms with Crippen LogP contribution in [0.4, 0.5) is 0 Å². The van der Waals surface area contributed by atoms with E-state index in [4.69, 9.17) is 18.0 Å². The Balaban J connectivity index is 1.48. The Hall–Kier alpha value is -1.19. The molecule has 1 heteroatoms. The summed E-state index contributed by atoms with van der Waals surface area (Å²) in [5, 5.41) is 0.303. The van der Waals surface area contributed by atoms with Gasteiger partial charge in [0.15, 0.2) is 0 Å². The smallest absolute Gasteiger partial charge is 0.0561 e. The average Bonchev–Trinajstić information content (AvgIpc) is 2.73. The van der Waals surface area contributed by atoms with E-state index in [0.29, 0.717) is 5.38 Å². The number of halogens is 1. The predicted octanol–water partition coefficient (Wildman–Crippen LogP) is 7.44. The van der Waals surface area contributed by atoms with Crippen LogP contribution >= 0.6 is 11.6 Å². The van der Waals surface area contributed by atoms with E-state index in [1.165, 1.54) is 62.5 Å². The van der Waals surface area contributed by atoms with Gasteiger partial charge in [-0.3, -0.25) is 0 Å². The number of aryl methyl sites for hydroxylation is 1. The highest BCUT2D eigenvalue weighted by atomic mass is 35.5. The highest BCUT2D eigenvalue weighted by molar-refractivity contribution is 6.20. The molecular weight excluding hydrogens is 348 g/mol. The van der Waals surface area contributed by atoms with E-state index in [2.05, 4.69) is 42.8 Å². The van der Waals surface area contributed by atoms with Crippen molar-refractivity contribution in [3.05, 3.63) is 48.0 Å². The maximum Gasteiger partial charge on any atom is 0.0561 e. The van der Waals surface area contributed by atoms with E-state index < -0.39 is 0 Å². The Labute approximate surface area is 171 Å². The van der Waals surface area contributed by atoms with Gasteiger partial charge in [0.1, 0.15) is 0 Å². The molecule has 146 valence electrons. The molecule has 0 aliphatic heterocycles. The van der Waals surface area contributed by atoms with Crippen LogP contribution in [0, 0.1) is 24.2 Å². The first-order valence-electron chi connectivity index (χ1n) is 11.0. The van der Waals surface area contributed by atoms with Gasteiger partial charge < -0.3 is 0 Å². The monoisotopic (exact) mass is 382 g/mol. The molecule has 0 bridgehead atoms. The zero-order valence-electron chi connectivity index (χ0n) is 16.8. The third kappa shape index (κ3) is 5.42. The first-order valence-corrected chi connectivity index (χ1v) is 11.4. The van der Waals surface area contributed by atoms with Gasteiger partial charge in [-0.25, -0.2) is 0 Å². The zero-order valence-corrected chi connectivity index (χ0v) is 17.5. The molecule has 27 heavy (non-hydrogen) atoms. The summed E-state index contributed by atoms with van der Waals surface area (Å²) in [4.78, 5) is 0. The van der Waals surface area contributed by atoms with Gasteiger partial charge in [-0.15, -0.1) is 24.6 Å². The fraction of sp³-hybridized carbons (Fsp3) is 0.615. The Kier molecular flexibility index (Phi) is 7.49. The van der Waals surface area contributed by atoms with E-state index in [9.17, 15) is 0 Å². The Morgan fingerprint density at radius 2 is 1.59 bits per heavy atom. The number of hydrogen-bond donors (Lipinski definition) is 0. The standard InChI is InChI=1S/C26H35Cl/c1-3-5-6-21-7-9-22(10-8-21)11-12-23-13-15-24(16-14-23)26(4-2)19-17-25(27)18-20-26/h2-3,13-16,21-22,25H,1,5-12,17-20H2/t21-,22-,25?,26?. The van der Waals surface area contributed by atoms with Crippen LogP contribution in [-0.4, -0.2) is 5.38 Å². The molecule has 0 amide bonds. The van der Waals surface area contributed by atoms with Gasteiger partial charge in [0.25, 0.3) is 0 Å². The van der Waals surface area contributed by atoms with Gasteiger partial charge in [-0.2, -0.15) is 0 Å². The third-order valence-electron chi connectivity index (χ3n) is 7.14. The first kappa shape index (κ1) is 20.5. The van der Waals surface area contributed by atoms with Gasteiger partial charge >= 0.3 is 0 Å². The molecule has 0 aromatic heterocycles. The maximum atomic E-state index is 6.29. The quantitative estimate of drug-likeness (QED) is 0.261. The minimum absolute atomic E-state index is 0.0895. The summed E-state index contributed by atoms with van der Waals surface area (Å²) in [5.41, 5.74) is 2.69. The molecule has 0 N–H and O–H groups in total. The number of benzene rings is 1. The summed E-state index contributed by atoms with van der Waals surface area (Å²) in [5.74, 6) is 4.97. The third-order valence-corrected chi connectivity index (χ3v) is 7.57. The molecule has 1 aromatic rings. The molecule has 2 saturated carbocycles. The lowest BCUT2D eigenvalue weighted by Crippen LogP contribution is -2.30. The lowest BCUT2D eigenvalue weighted by molar-refractivity contribution is 0.254. The molecule has 3 rings (SSSR count). The van der Waals surface area contributed by atoms with Crippen LogP contribution in [0.25, 0.3) is 0 Å². The van der Waals surface area contributed by atoms with Crippen LogP contribution in [0.5, 0.6) is 0 Å². The van der Waals surface area contributed by atoms with Crippen molar-refractivity contribution in [2.24, 2.45) is 11.8 Å². The zero-order chi connectivity index (χ0) is 19.1. The van der Waals surface area contributed by atoms with Crippen molar-refractivity contribution < 1.29 is 0 Å². The van der Waals surface area contributed by atoms with Crippen molar-refractivity contribution in [3.8, 4) is 12.3 Å². The van der Waals surface area contributed by atoms with Crippen LogP contribution in [0.3, 0.4) is 0 Å². The number of rotatable bonds is 7. The fourth-order valence-corrected chi connectivity index (χ4v) is 5.33. The topological polar surface area (TPSA) is 0 Å². The van der Waals surface area contributed by atoms with Crippen molar-refractivity contribution in [2.75, 3.05) is 0 Å². The van der Waals surface area contributed by atoms with Gasteiger partial charge in [0.2, 0.25) is 0 Å². The molecule has 2 aliphatic carbocycles. The average molecular weight is 383 g/mol. The summed E-state index contributed by atoms with van der Waals surface area (Å²) in [7, 11) is 0. The molecule has 0 unspecified atom stereocenters. The second-order valence-electron chi connectivity index (χ2n) is 8.89. The molecule has 0 saturated heterocycles. The van der Waals surface area contributed by atoms with E-state index >= 15 is 0 Å². The first-order chi connectivity index (χ1) is 13.1. The second-order valence-corrected chi connectivity index (χ2v) is 9.51. The Morgan fingerprint density at radius 1 is 1.00 bits per heavy atom. The number of allylic oxidation sites excluding steroid dienone is 1. The van der Waals surface area contributed by atoms with Gasteiger partial charge in [0, 0.05) is 5.38 Å². The Morgan fingerprint density at radius 3 is 2.15 bits per heavy atom. The van der Waals surface area contributed by atoms with Crippen molar-refractivity contribution in [3.63, 3.8) is 0 Å². The number of alkyl halides is 1. The van der Waals surface area contributed by atoms with E-state index in [1.54, 1.807) is 0 Å². The summed E-state index contributed by atoms with van der Waals surface area (Å²) >= 11 is 6.29. The van der Waals surface area contributed by atoms with Crippen molar-refractivity contribution in [2.45, 2.75) is 87.8 Å². The van der Waals surface area contributed by atoms with Gasteiger partial charge in [-0.1, -0.05) is 61.9 Å². The van der Waals surface area contributed by atoms with Crippen LogP contribution in [-0.2, 0) is 11.8 Å². The molecular formula is C26H35Cl. The molecule has 2 aliphatic rings. The van der Waals surface area contributed by atoms with Crippen LogP contribution in [0.2, 0.25) is 0 Å². The van der Waals surface area contributed by atoms with Crippen molar-refractivity contribution in [1.82, 2.24) is 0 Å². The minimum Gasteiger partial charge on any atom is -0.123 e. The van der Waals surface area contributed by atoms with Crippen molar-refractivity contribution >= 4 is 11.6 Å². The minimum atomic E-state index is -0.0895. The van der Waals surface area contributed by atoms with Crippen LogP contribution < -0.4 is 0 Å². The number of hydrogen-bond acceptors (Lipinski definition) is 0. The normalized spacial score (nSPS) is 31.2. The van der Waals surface area contributed by atoms with E-state index in [-0.39, 0.29) is 5.41 Å². The molecule has 0 heterocycles. The molecule has 2 fully saturated rings. The largest absolute Gasteiger partial charge is 0.123 e. The lowest BCUT2D eigenvalue weighted by Gasteiger charge is -2.35. The van der Waals surface area contributed by atoms with E-state index in [0.717, 1.165) is 37.5 Å². The lowest BCUT2D eigenvalue weighted by atomic mass is 9.70. The summed E-state index contributed by atoms with van der Waals surface area (Å²) < 4.78 is 0. The molecule has 0 radical (unpaired) electrons. The highest BCUT2D eigenvalue weighted by Crippen LogP contribution is 2.40. The summed E-state index contributed by atoms with van der Waals surface area (Å²) in [6, 6.07) is 9.21. The highest BCUT2D eigenvalue weighted by Gasteiger charge is 2.34. The number of terminal acetylenes is 1. The maximum absolute atomic E-state index is 6.29. The van der Waals surface area contributed by atoms with Crippen LogP contribution in [0.15, 0.2) is 36.9 Å². The molecule has 0 nitrogen and oxygen atoms in total. The van der Waals surface area contributed by atoms with Crippen LogP contribution in [0.1, 0.15) is 81.8 Å². The van der Waals surface area contributed by atoms with Crippen molar-refractivity contribution in [1.29, 1.82) is 0 Å². The van der Waals surface area contributed by atoms with Gasteiger partial charge in [-0.05, 0) is 74.3 Å². The molecule has 0 spiro atoms. The van der Waals surface area contributed by atoms with E-state index in [1.807, 2.05) is 0 Å². The SMILES string of the molecule is C#CC1(c2ccc(CC[C@H]3CC[C@H](CCC=C)CC3)cc2)CCC(Cl)CC1. The molecule has 1 aromatic carbocycles.